The van der Waals surface area contributed by atoms with E-state index in [9.17, 15) is 0 Å². The summed E-state index contributed by atoms with van der Waals surface area (Å²) >= 11 is 0. The van der Waals surface area contributed by atoms with E-state index in [0.29, 0.717) is 0 Å². The molecule has 1 heteroatoms. The first-order valence-corrected chi connectivity index (χ1v) is 9.76. The van der Waals surface area contributed by atoms with E-state index in [1.54, 1.807) is 0 Å². The van der Waals surface area contributed by atoms with E-state index in [-0.39, 0.29) is 0 Å². The van der Waals surface area contributed by atoms with E-state index < -0.39 is 0 Å². The topological polar surface area (TPSA) is 4.93 Å². The number of hydrogen-bond donors (Lipinski definition) is 0. The van der Waals surface area contributed by atoms with Gasteiger partial charge < -0.3 is 4.57 Å². The third-order valence-electron chi connectivity index (χ3n) is 5.78. The van der Waals surface area contributed by atoms with Gasteiger partial charge in [0.1, 0.15) is 0 Å². The molecule has 28 heavy (non-hydrogen) atoms. The fourth-order valence-electron chi connectivity index (χ4n) is 4.07. The first kappa shape index (κ1) is 16.8. The number of rotatable bonds is 2. The van der Waals surface area contributed by atoms with Crippen molar-refractivity contribution in [2.75, 3.05) is 0 Å². The maximum Gasteiger partial charge on any atom is 0.0489 e. The fraction of sp³-hybridized carbons (Fsp3) is 0.111. The molecule has 1 nitrogen and oxygen atoms in total. The first-order chi connectivity index (χ1) is 13.6. The van der Waals surface area contributed by atoms with Crippen molar-refractivity contribution >= 4 is 21.8 Å². The summed E-state index contributed by atoms with van der Waals surface area (Å²) in [6.45, 7) is 4.26. The fourth-order valence-corrected chi connectivity index (χ4v) is 4.07. The van der Waals surface area contributed by atoms with Crippen molar-refractivity contribution in [1.82, 2.24) is 4.57 Å². The molecule has 0 aliphatic carbocycles. The summed E-state index contributed by atoms with van der Waals surface area (Å²) in [6, 6.07) is 31.2. The van der Waals surface area contributed by atoms with Crippen molar-refractivity contribution in [2.24, 2.45) is 7.05 Å². The average molecular weight is 361 g/mol. The molecule has 0 aliphatic rings. The highest BCUT2D eigenvalue weighted by Crippen LogP contribution is 2.34. The summed E-state index contributed by atoms with van der Waals surface area (Å²) in [5, 5.41) is 2.62. The number of aromatic nitrogens is 1. The van der Waals surface area contributed by atoms with E-state index >= 15 is 0 Å². The lowest BCUT2D eigenvalue weighted by atomic mass is 9.99. The maximum atomic E-state index is 2.33. The summed E-state index contributed by atoms with van der Waals surface area (Å²) in [5.74, 6) is 0. The quantitative estimate of drug-likeness (QED) is 0.311. The monoisotopic (exact) mass is 361 g/mol. The molecule has 5 aromatic rings. The predicted molar refractivity (Wildman–Crippen MR) is 121 cm³/mol. The molecular formula is C27H23N. The van der Waals surface area contributed by atoms with Gasteiger partial charge in [-0.1, -0.05) is 71.8 Å². The molecule has 0 atom stereocenters. The van der Waals surface area contributed by atoms with Gasteiger partial charge in [0.2, 0.25) is 0 Å². The standard InChI is InChI=1S/C27H23N/c1-18-4-8-20(9-5-18)22-12-14-26-24(16-22)25-17-23(13-15-27(25)28(26)3)21-10-6-19(2)7-11-21/h4-17H,1-3H3. The van der Waals surface area contributed by atoms with E-state index in [4.69, 9.17) is 0 Å². The molecule has 0 aliphatic heterocycles. The van der Waals surface area contributed by atoms with Crippen LogP contribution in [0.25, 0.3) is 44.1 Å². The van der Waals surface area contributed by atoms with Gasteiger partial charge in [0.15, 0.2) is 0 Å². The van der Waals surface area contributed by atoms with Crippen molar-refractivity contribution in [1.29, 1.82) is 0 Å². The summed E-state index contributed by atoms with van der Waals surface area (Å²) < 4.78 is 2.29. The molecule has 0 N–H and O–H groups in total. The van der Waals surface area contributed by atoms with Crippen LogP contribution in [0.5, 0.6) is 0 Å². The molecule has 0 amide bonds. The lowest BCUT2D eigenvalue weighted by molar-refractivity contribution is 1.01. The summed E-state index contributed by atoms with van der Waals surface area (Å²) in [5.41, 5.74) is 10.2. The van der Waals surface area contributed by atoms with E-state index in [1.807, 2.05) is 0 Å². The minimum absolute atomic E-state index is 1.26. The second kappa shape index (κ2) is 6.38. The van der Waals surface area contributed by atoms with Gasteiger partial charge in [0, 0.05) is 28.9 Å². The van der Waals surface area contributed by atoms with Crippen LogP contribution in [-0.4, -0.2) is 4.57 Å². The Balaban J connectivity index is 1.72. The van der Waals surface area contributed by atoms with Gasteiger partial charge >= 0.3 is 0 Å². The Morgan fingerprint density at radius 3 is 1.21 bits per heavy atom. The number of fused-ring (bicyclic) bond motifs is 3. The lowest BCUT2D eigenvalue weighted by Gasteiger charge is -2.04. The Bertz CT molecular complexity index is 1200. The minimum Gasteiger partial charge on any atom is -0.344 e. The molecule has 0 spiro atoms. The zero-order valence-electron chi connectivity index (χ0n) is 16.5. The summed E-state index contributed by atoms with van der Waals surface area (Å²) in [4.78, 5) is 0. The first-order valence-electron chi connectivity index (χ1n) is 9.76. The van der Waals surface area contributed by atoms with Crippen LogP contribution in [0.4, 0.5) is 0 Å². The highest BCUT2D eigenvalue weighted by atomic mass is 14.9. The molecule has 4 aromatic carbocycles. The molecule has 0 unspecified atom stereocenters. The summed E-state index contributed by atoms with van der Waals surface area (Å²) in [6.07, 6.45) is 0. The SMILES string of the molecule is Cc1ccc(-c2ccc3c(c2)c2cc(-c4ccc(C)cc4)ccc2n3C)cc1. The molecule has 136 valence electrons. The Kier molecular flexibility index (Phi) is 3.84. The van der Waals surface area contributed by atoms with Gasteiger partial charge in [-0.25, -0.2) is 0 Å². The number of nitrogens with zero attached hydrogens (tertiary/aromatic N) is 1. The smallest absolute Gasteiger partial charge is 0.0489 e. The van der Waals surface area contributed by atoms with Gasteiger partial charge in [-0.2, -0.15) is 0 Å². The third kappa shape index (κ3) is 2.71. The van der Waals surface area contributed by atoms with Gasteiger partial charge in [0.05, 0.1) is 0 Å². The number of hydrogen-bond acceptors (Lipinski definition) is 0. The second-order valence-electron chi connectivity index (χ2n) is 7.75. The van der Waals surface area contributed by atoms with Crippen LogP contribution in [0.2, 0.25) is 0 Å². The maximum absolute atomic E-state index is 2.33. The van der Waals surface area contributed by atoms with E-state index in [0.717, 1.165) is 0 Å². The lowest BCUT2D eigenvalue weighted by Crippen LogP contribution is -1.86. The van der Waals surface area contributed by atoms with Crippen molar-refractivity contribution in [3.05, 3.63) is 96.1 Å². The number of benzene rings is 4. The zero-order chi connectivity index (χ0) is 19.3. The van der Waals surface area contributed by atoms with Gasteiger partial charge in [-0.15, -0.1) is 0 Å². The van der Waals surface area contributed by atoms with Crippen molar-refractivity contribution in [3.63, 3.8) is 0 Å². The van der Waals surface area contributed by atoms with Gasteiger partial charge in [-0.3, -0.25) is 0 Å². The Hall–Kier alpha value is -3.32. The van der Waals surface area contributed by atoms with Crippen LogP contribution in [0.15, 0.2) is 84.9 Å². The van der Waals surface area contributed by atoms with Gasteiger partial charge in [-0.05, 0) is 60.4 Å². The van der Waals surface area contributed by atoms with Crippen LogP contribution < -0.4 is 0 Å². The van der Waals surface area contributed by atoms with E-state index in [1.165, 1.54) is 55.2 Å². The zero-order valence-corrected chi connectivity index (χ0v) is 16.5. The van der Waals surface area contributed by atoms with Crippen LogP contribution >= 0.6 is 0 Å². The normalized spacial score (nSPS) is 11.4. The average Bonchev–Trinajstić information content (AvgIpc) is 3.00. The summed E-state index contributed by atoms with van der Waals surface area (Å²) in [7, 11) is 2.15. The van der Waals surface area contributed by atoms with Gasteiger partial charge in [0.25, 0.3) is 0 Å². The molecule has 1 heterocycles. The van der Waals surface area contributed by atoms with Crippen LogP contribution in [0.3, 0.4) is 0 Å². The Labute approximate surface area is 165 Å². The molecular weight excluding hydrogens is 338 g/mol. The third-order valence-corrected chi connectivity index (χ3v) is 5.78. The number of aryl methyl sites for hydroxylation is 3. The molecule has 0 radical (unpaired) electrons. The van der Waals surface area contributed by atoms with Crippen molar-refractivity contribution < 1.29 is 0 Å². The highest BCUT2D eigenvalue weighted by molar-refractivity contribution is 6.10. The second-order valence-corrected chi connectivity index (χ2v) is 7.75. The highest BCUT2D eigenvalue weighted by Gasteiger charge is 2.11. The minimum atomic E-state index is 1.26. The molecule has 5 rings (SSSR count). The largest absolute Gasteiger partial charge is 0.344 e. The molecule has 1 aromatic heterocycles. The Morgan fingerprint density at radius 2 is 0.821 bits per heavy atom. The van der Waals surface area contributed by atoms with Crippen LogP contribution in [0, 0.1) is 13.8 Å². The van der Waals surface area contributed by atoms with Crippen LogP contribution in [-0.2, 0) is 7.05 Å². The molecule has 0 bridgehead atoms. The Morgan fingerprint density at radius 1 is 0.464 bits per heavy atom. The van der Waals surface area contributed by atoms with E-state index in [2.05, 4.69) is 110 Å². The van der Waals surface area contributed by atoms with Crippen LogP contribution in [0.1, 0.15) is 11.1 Å². The van der Waals surface area contributed by atoms with Crippen molar-refractivity contribution in [2.45, 2.75) is 13.8 Å². The molecule has 0 saturated carbocycles. The van der Waals surface area contributed by atoms with Crippen molar-refractivity contribution in [3.8, 4) is 22.3 Å². The predicted octanol–water partition coefficient (Wildman–Crippen LogP) is 7.28. The molecule has 0 saturated heterocycles. The molecule has 0 fully saturated rings.